The number of aliphatic carboxylic acids is 1. The molecule has 1 fully saturated rings. The monoisotopic (exact) mass is 1010 g/mol. The summed E-state index contributed by atoms with van der Waals surface area (Å²) in [6.45, 7) is 4.62. The fourth-order valence-electron chi connectivity index (χ4n) is 5.91. The number of rotatable bonds is 22. The van der Waals surface area contributed by atoms with Crippen LogP contribution in [-0.4, -0.2) is 109 Å². The number of alkyl halides is 3. The Balaban J connectivity index is 0.00000115. The van der Waals surface area contributed by atoms with Gasteiger partial charge in [-0.05, 0) is 98.1 Å². The number of nitrogens with two attached hydrogens (primary N) is 1. The Morgan fingerprint density at radius 3 is 2.11 bits per heavy atom. The van der Waals surface area contributed by atoms with Crippen LogP contribution in [0.2, 0.25) is 0 Å². The number of carboxylic acid groups (broad SMARTS) is 1. The number of hydrogen-bond acceptors (Lipinski definition) is 12. The summed E-state index contributed by atoms with van der Waals surface area (Å²) in [4.78, 5) is 75.7. The first kappa shape index (κ1) is 50.4. The van der Waals surface area contributed by atoms with Crippen molar-refractivity contribution >= 4 is 68.5 Å². The minimum absolute atomic E-state index is 0.0283. The molecule has 344 valence electrons. The normalized spacial score (nSPS) is 12.4. The lowest BCUT2D eigenvalue weighted by Crippen LogP contribution is -2.41. The number of carbonyl (C=O) groups excluding carboxylic acids is 2. The average Bonchev–Trinajstić information content (AvgIpc) is 4.06. The van der Waals surface area contributed by atoms with Crippen LogP contribution in [0.5, 0.6) is 0 Å². The molecule has 63 heavy (non-hydrogen) atoms. The topological polar surface area (TPSA) is 236 Å². The van der Waals surface area contributed by atoms with Gasteiger partial charge in [-0.3, -0.25) is 32.9 Å². The smallest absolute Gasteiger partial charge is 0.475 e. The van der Waals surface area contributed by atoms with Gasteiger partial charge in [-0.2, -0.15) is 13.2 Å². The number of pyridine rings is 1. The molecular weight excluding hydrogens is 957 g/mol. The maximum atomic E-state index is 15.0. The van der Waals surface area contributed by atoms with Crippen molar-refractivity contribution in [2.24, 2.45) is 12.8 Å². The molecule has 2 aromatic carbocycles. The molecule has 1 saturated carbocycles. The fraction of sp³-hybridized carbons (Fsp3) is 0.450. The molecule has 2 aromatic heterocycles. The largest absolute Gasteiger partial charge is 0.490 e. The zero-order chi connectivity index (χ0) is 46.3. The minimum atomic E-state index is -5.08. The Hall–Kier alpha value is -5.21. The summed E-state index contributed by atoms with van der Waals surface area (Å²) in [7, 11) is 1.47. The second-order valence-corrected chi connectivity index (χ2v) is 15.2. The van der Waals surface area contributed by atoms with Crippen molar-refractivity contribution in [2.45, 2.75) is 44.8 Å². The second kappa shape index (κ2) is 24.0. The van der Waals surface area contributed by atoms with Crippen molar-refractivity contribution in [1.29, 1.82) is 0 Å². The van der Waals surface area contributed by atoms with Crippen molar-refractivity contribution in [1.82, 2.24) is 19.0 Å². The number of hydrogen-bond donors (Lipinski definition) is 5. The van der Waals surface area contributed by atoms with Crippen molar-refractivity contribution in [3.63, 3.8) is 0 Å². The van der Waals surface area contributed by atoms with E-state index < -0.39 is 53.2 Å². The van der Waals surface area contributed by atoms with Crippen LogP contribution in [0.25, 0.3) is 16.6 Å². The fourth-order valence-corrected chi connectivity index (χ4v) is 6.36. The first-order valence-electron chi connectivity index (χ1n) is 19.6. The van der Waals surface area contributed by atoms with E-state index in [1.807, 2.05) is 22.6 Å². The molecule has 4 aromatic rings. The second-order valence-electron chi connectivity index (χ2n) is 13.9. The van der Waals surface area contributed by atoms with E-state index in [0.29, 0.717) is 81.3 Å². The highest BCUT2D eigenvalue weighted by Crippen LogP contribution is 2.34. The molecule has 0 saturated heterocycles. The van der Waals surface area contributed by atoms with E-state index >= 15 is 4.39 Å². The Bertz CT molecular complexity index is 2420. The molecule has 0 spiro atoms. The predicted molar refractivity (Wildman–Crippen MR) is 231 cm³/mol. The molecule has 1 aliphatic rings. The summed E-state index contributed by atoms with van der Waals surface area (Å²) in [5.74, 6) is -4.26. The number of carboxylic acids is 1. The highest BCUT2D eigenvalue weighted by atomic mass is 127. The first-order chi connectivity index (χ1) is 30.0. The highest BCUT2D eigenvalue weighted by Gasteiger charge is 2.38. The number of fused-ring (bicyclic) bond motifs is 1. The van der Waals surface area contributed by atoms with Crippen LogP contribution in [0.4, 0.5) is 34.8 Å². The van der Waals surface area contributed by atoms with Crippen LogP contribution in [-0.2, 0) is 40.4 Å². The van der Waals surface area contributed by atoms with Crippen LogP contribution >= 0.6 is 22.6 Å². The summed E-state index contributed by atoms with van der Waals surface area (Å²) in [6.07, 6.45) is -2.45. The number of halogens is 5. The standard InChI is InChI=1S/C38H47FIN7O9.C2HF3O2/c1-24-34-33(35(45(2)36(24)50)44-30-11-8-25(40)20-29(30)39)37(51)47(27-9-10-27)38(52)46(34)28-7-3-6-26(21-28)43-32(49)23-56-22-31(48)42-13-5-15-54-17-19-55-18-16-53-14-4-12-41;3-2(4,5)1(6)7/h3,6-8,11,20-21,27,44H,4-5,9-10,12-19,22-23,41H2,1-2H3,(H,42,48)(H,43,49);(H,6,7). The van der Waals surface area contributed by atoms with E-state index in [2.05, 4.69) is 16.0 Å². The third kappa shape index (κ3) is 14.7. The van der Waals surface area contributed by atoms with Gasteiger partial charge in [0.05, 0.1) is 43.3 Å². The minimum Gasteiger partial charge on any atom is -0.475 e. The first-order valence-corrected chi connectivity index (χ1v) is 20.6. The van der Waals surface area contributed by atoms with Gasteiger partial charge in [0.1, 0.15) is 30.2 Å². The molecule has 0 atom stereocenters. The number of nitrogens with zero attached hydrogens (tertiary/aromatic N) is 3. The molecular formula is C40H48F4IN7O11. The number of aryl methyl sites for hydroxylation is 1. The zero-order valence-corrected chi connectivity index (χ0v) is 36.5. The summed E-state index contributed by atoms with van der Waals surface area (Å²) in [5, 5.41) is 15.5. The van der Waals surface area contributed by atoms with Gasteiger partial charge in [0.15, 0.2) is 0 Å². The van der Waals surface area contributed by atoms with Gasteiger partial charge in [-0.15, -0.1) is 0 Å². The van der Waals surface area contributed by atoms with Crippen molar-refractivity contribution < 1.29 is 56.0 Å². The van der Waals surface area contributed by atoms with Crippen molar-refractivity contribution in [2.75, 3.05) is 76.6 Å². The van der Waals surface area contributed by atoms with Gasteiger partial charge < -0.3 is 45.7 Å². The van der Waals surface area contributed by atoms with E-state index in [1.54, 1.807) is 24.3 Å². The summed E-state index contributed by atoms with van der Waals surface area (Å²) in [6, 6.07) is 10.5. The van der Waals surface area contributed by atoms with E-state index in [-0.39, 0.29) is 46.3 Å². The molecule has 2 heterocycles. The molecule has 0 bridgehead atoms. The van der Waals surface area contributed by atoms with E-state index in [9.17, 15) is 37.1 Å². The molecule has 5 rings (SSSR count). The van der Waals surface area contributed by atoms with Gasteiger partial charge >= 0.3 is 17.8 Å². The summed E-state index contributed by atoms with van der Waals surface area (Å²) in [5.41, 5.74) is 4.45. The highest BCUT2D eigenvalue weighted by molar-refractivity contribution is 14.1. The number of carbonyl (C=O) groups is 3. The summed E-state index contributed by atoms with van der Waals surface area (Å²) < 4.78 is 72.7. The Kier molecular flexibility index (Phi) is 19.2. The van der Waals surface area contributed by atoms with Crippen LogP contribution < -0.4 is 38.5 Å². The Labute approximate surface area is 370 Å². The molecule has 2 amide bonds. The van der Waals surface area contributed by atoms with Crippen molar-refractivity contribution in [3.8, 4) is 5.69 Å². The van der Waals surface area contributed by atoms with Crippen LogP contribution in [0.1, 0.15) is 37.3 Å². The lowest BCUT2D eigenvalue weighted by molar-refractivity contribution is -0.192. The maximum Gasteiger partial charge on any atom is 0.490 e. The van der Waals surface area contributed by atoms with Gasteiger partial charge in [-0.1, -0.05) is 6.07 Å². The quantitative estimate of drug-likeness (QED) is 0.0432. The van der Waals surface area contributed by atoms with E-state index in [1.165, 1.54) is 45.9 Å². The number of benzene rings is 2. The molecule has 6 N–H and O–H groups in total. The molecule has 0 radical (unpaired) electrons. The van der Waals surface area contributed by atoms with Crippen LogP contribution in [0.3, 0.4) is 0 Å². The lowest BCUT2D eigenvalue weighted by Gasteiger charge is -2.21. The molecule has 1 aliphatic carbocycles. The predicted octanol–water partition coefficient (Wildman–Crippen LogP) is 3.48. The molecule has 18 nitrogen and oxygen atoms in total. The van der Waals surface area contributed by atoms with Gasteiger partial charge in [0, 0.05) is 47.7 Å². The van der Waals surface area contributed by atoms with Crippen LogP contribution in [0, 0.1) is 16.3 Å². The van der Waals surface area contributed by atoms with Gasteiger partial charge in [0.25, 0.3) is 11.1 Å². The number of nitrogens with one attached hydrogen (secondary N) is 3. The molecule has 0 unspecified atom stereocenters. The Morgan fingerprint density at radius 1 is 0.889 bits per heavy atom. The summed E-state index contributed by atoms with van der Waals surface area (Å²) >= 11 is 1.98. The zero-order valence-electron chi connectivity index (χ0n) is 34.4. The number of anilines is 3. The number of amides is 2. The SMILES string of the molecule is Cc1c(=O)n(C)c(Nc2ccc(I)cc2F)c2c(=O)n(C3CC3)c(=O)n(-c3cccc(NC(=O)COCC(=O)NCCCOCCOCCOCCCN)c3)c12.O=C(O)C(F)(F)F. The van der Waals surface area contributed by atoms with Gasteiger partial charge in [-0.25, -0.2) is 14.0 Å². The third-order valence-electron chi connectivity index (χ3n) is 9.06. The number of aromatic nitrogens is 3. The van der Waals surface area contributed by atoms with Crippen molar-refractivity contribution in [3.05, 3.63) is 88.6 Å². The van der Waals surface area contributed by atoms with E-state index in [4.69, 9.17) is 34.6 Å². The molecule has 0 aliphatic heterocycles. The average molecular weight is 1010 g/mol. The third-order valence-corrected chi connectivity index (χ3v) is 9.73. The lowest BCUT2D eigenvalue weighted by atomic mass is 10.1. The van der Waals surface area contributed by atoms with Gasteiger partial charge in [0.2, 0.25) is 11.8 Å². The van der Waals surface area contributed by atoms with E-state index in [0.717, 1.165) is 6.42 Å². The maximum absolute atomic E-state index is 15.0. The molecule has 23 heteroatoms. The Morgan fingerprint density at radius 2 is 1.51 bits per heavy atom. The number of ether oxygens (including phenoxy) is 4. The van der Waals surface area contributed by atoms with Crippen LogP contribution in [0.15, 0.2) is 56.8 Å².